The second kappa shape index (κ2) is 8.59. The Morgan fingerprint density at radius 2 is 2.11 bits per heavy atom. The maximum atomic E-state index is 13.3. The van der Waals surface area contributed by atoms with E-state index in [-0.39, 0.29) is 17.5 Å². The molecule has 1 aromatic carbocycles. The van der Waals surface area contributed by atoms with Crippen LogP contribution in [0.2, 0.25) is 0 Å². The Hall–Kier alpha value is -1.97. The van der Waals surface area contributed by atoms with Crippen LogP contribution in [0.3, 0.4) is 0 Å². The van der Waals surface area contributed by atoms with Crippen molar-refractivity contribution in [2.75, 3.05) is 33.3 Å². The van der Waals surface area contributed by atoms with Gasteiger partial charge in [0.15, 0.2) is 5.82 Å². The van der Waals surface area contributed by atoms with Crippen LogP contribution in [0.1, 0.15) is 38.0 Å². The fourth-order valence-electron chi connectivity index (χ4n) is 3.50. The molecule has 2 heterocycles. The summed E-state index contributed by atoms with van der Waals surface area (Å²) in [4.78, 5) is 6.86. The molecule has 0 saturated carbocycles. The summed E-state index contributed by atoms with van der Waals surface area (Å²) >= 11 is 0. The number of aryl methyl sites for hydroxylation is 1. The van der Waals surface area contributed by atoms with Gasteiger partial charge in [0.05, 0.1) is 12.0 Å². The molecule has 0 aliphatic carbocycles. The van der Waals surface area contributed by atoms with Crippen molar-refractivity contribution < 1.29 is 17.7 Å². The highest BCUT2D eigenvalue weighted by atomic mass is 32.2. The van der Waals surface area contributed by atoms with Crippen molar-refractivity contribution in [2.45, 2.75) is 38.1 Å². The molecule has 1 atom stereocenters. The first kappa shape index (κ1) is 20.8. The smallest absolute Gasteiger partial charge is 0.245 e. The lowest BCUT2D eigenvalue weighted by Gasteiger charge is -2.30. The van der Waals surface area contributed by atoms with Crippen LogP contribution in [0.5, 0.6) is 5.75 Å². The topological polar surface area (TPSA) is 88.8 Å². The van der Waals surface area contributed by atoms with Gasteiger partial charge in [-0.2, -0.15) is 9.29 Å². The van der Waals surface area contributed by atoms with Gasteiger partial charge in [0.2, 0.25) is 15.9 Å². The van der Waals surface area contributed by atoms with Gasteiger partial charge in [-0.1, -0.05) is 25.1 Å². The molecule has 28 heavy (non-hydrogen) atoms. The molecular weight excluding hydrogens is 380 g/mol. The molecule has 0 N–H and O–H groups in total. The summed E-state index contributed by atoms with van der Waals surface area (Å²) in [7, 11) is -2.14. The molecule has 9 heteroatoms. The number of benzene rings is 1. The Labute approximate surface area is 166 Å². The van der Waals surface area contributed by atoms with Gasteiger partial charge in [-0.3, -0.25) is 4.90 Å². The van der Waals surface area contributed by atoms with Gasteiger partial charge in [-0.15, -0.1) is 0 Å². The Bertz CT molecular complexity index is 897. The Kier molecular flexibility index (Phi) is 6.36. The van der Waals surface area contributed by atoms with Crippen molar-refractivity contribution in [3.8, 4) is 5.75 Å². The molecule has 1 aliphatic heterocycles. The molecule has 1 fully saturated rings. The zero-order valence-electron chi connectivity index (χ0n) is 16.8. The van der Waals surface area contributed by atoms with Crippen LogP contribution in [-0.4, -0.2) is 61.1 Å². The van der Waals surface area contributed by atoms with Gasteiger partial charge in [0.25, 0.3) is 0 Å². The van der Waals surface area contributed by atoms with Gasteiger partial charge in [-0.25, -0.2) is 8.42 Å². The highest BCUT2D eigenvalue weighted by Crippen LogP contribution is 2.29. The molecule has 0 amide bonds. The molecule has 1 aromatic heterocycles. The molecule has 0 spiro atoms. The minimum absolute atomic E-state index is 0.226. The van der Waals surface area contributed by atoms with Gasteiger partial charge in [-0.05, 0) is 31.4 Å². The highest BCUT2D eigenvalue weighted by Gasteiger charge is 2.36. The summed E-state index contributed by atoms with van der Waals surface area (Å²) in [5.41, 5.74) is 0. The number of aromatic nitrogens is 2. The largest absolute Gasteiger partial charge is 0.497 e. The van der Waals surface area contributed by atoms with E-state index < -0.39 is 10.0 Å². The number of sulfonamides is 1. The number of rotatable bonds is 6. The van der Waals surface area contributed by atoms with Crippen LogP contribution in [0.15, 0.2) is 33.7 Å². The first-order valence-electron chi connectivity index (χ1n) is 9.49. The van der Waals surface area contributed by atoms with Gasteiger partial charge in [0, 0.05) is 32.2 Å². The maximum absolute atomic E-state index is 13.3. The van der Waals surface area contributed by atoms with Crippen LogP contribution in [0.25, 0.3) is 0 Å². The fourth-order valence-corrected chi connectivity index (χ4v) is 5.03. The first-order valence-corrected chi connectivity index (χ1v) is 10.9. The third-order valence-corrected chi connectivity index (χ3v) is 6.64. The molecule has 2 aromatic rings. The van der Waals surface area contributed by atoms with E-state index in [9.17, 15) is 8.42 Å². The fraction of sp³-hybridized carbons (Fsp3) is 0.579. The first-order chi connectivity index (χ1) is 13.3. The molecule has 0 bridgehead atoms. The number of ether oxygens (including phenoxy) is 1. The van der Waals surface area contributed by atoms with E-state index in [0.717, 1.165) is 19.5 Å². The summed E-state index contributed by atoms with van der Waals surface area (Å²) in [5, 5.41) is 3.91. The number of hydrogen-bond donors (Lipinski definition) is 0. The second-order valence-electron chi connectivity index (χ2n) is 7.48. The van der Waals surface area contributed by atoms with E-state index in [2.05, 4.69) is 28.9 Å². The lowest BCUT2D eigenvalue weighted by atomic mass is 10.1. The zero-order valence-corrected chi connectivity index (χ0v) is 17.6. The Morgan fingerprint density at radius 3 is 2.75 bits per heavy atom. The van der Waals surface area contributed by atoms with Crippen LogP contribution in [0, 0.1) is 12.8 Å². The average Bonchev–Trinajstić information content (AvgIpc) is 2.97. The van der Waals surface area contributed by atoms with Crippen molar-refractivity contribution in [1.82, 2.24) is 19.3 Å². The monoisotopic (exact) mass is 408 g/mol. The van der Waals surface area contributed by atoms with Gasteiger partial charge in [0.1, 0.15) is 11.8 Å². The van der Waals surface area contributed by atoms with Crippen molar-refractivity contribution in [3.05, 3.63) is 36.0 Å². The third-order valence-electron chi connectivity index (χ3n) is 4.78. The normalized spacial score (nSPS) is 19.7. The quantitative estimate of drug-likeness (QED) is 0.725. The Morgan fingerprint density at radius 1 is 1.32 bits per heavy atom. The molecule has 1 saturated heterocycles. The van der Waals surface area contributed by atoms with E-state index in [1.54, 1.807) is 31.2 Å². The number of methoxy groups -OCH3 is 1. The SMILES string of the molecule is COc1cccc(S(=O)(=O)N2CCCN(CC(C)C)C(c3nc(C)no3)C2)c1. The summed E-state index contributed by atoms with van der Waals surface area (Å²) in [5.74, 6) is 1.96. The number of hydrogen-bond acceptors (Lipinski definition) is 7. The third kappa shape index (κ3) is 4.53. The predicted molar refractivity (Wildman–Crippen MR) is 105 cm³/mol. The van der Waals surface area contributed by atoms with Gasteiger partial charge < -0.3 is 9.26 Å². The van der Waals surface area contributed by atoms with E-state index in [4.69, 9.17) is 9.26 Å². The minimum atomic E-state index is -3.67. The maximum Gasteiger partial charge on any atom is 0.245 e. The molecule has 0 radical (unpaired) electrons. The van der Waals surface area contributed by atoms with Gasteiger partial charge >= 0.3 is 0 Å². The standard InChI is InChI=1S/C19H28N4O4S/c1-14(2)12-22-9-6-10-23(13-18(22)19-20-15(3)21-27-19)28(24,25)17-8-5-7-16(11-17)26-4/h5,7-8,11,14,18H,6,9-10,12-13H2,1-4H3. The lowest BCUT2D eigenvalue weighted by molar-refractivity contribution is 0.146. The molecule has 1 aliphatic rings. The molecule has 3 rings (SSSR count). The number of nitrogens with zero attached hydrogens (tertiary/aromatic N) is 4. The summed E-state index contributed by atoms with van der Waals surface area (Å²) in [6.07, 6.45) is 0.736. The molecule has 154 valence electrons. The van der Waals surface area contributed by atoms with E-state index in [1.165, 1.54) is 11.4 Å². The van der Waals surface area contributed by atoms with Crippen LogP contribution < -0.4 is 4.74 Å². The summed E-state index contributed by atoms with van der Waals surface area (Å²) in [6.45, 7) is 8.37. The van der Waals surface area contributed by atoms with Crippen molar-refractivity contribution in [1.29, 1.82) is 0 Å². The van der Waals surface area contributed by atoms with E-state index in [0.29, 0.717) is 29.9 Å². The highest BCUT2D eigenvalue weighted by molar-refractivity contribution is 7.89. The second-order valence-corrected chi connectivity index (χ2v) is 9.42. The molecule has 8 nitrogen and oxygen atoms in total. The zero-order chi connectivity index (χ0) is 20.3. The molecular formula is C19H28N4O4S. The van der Waals surface area contributed by atoms with Crippen molar-refractivity contribution in [2.24, 2.45) is 5.92 Å². The average molecular weight is 409 g/mol. The Balaban J connectivity index is 1.93. The van der Waals surface area contributed by atoms with Crippen molar-refractivity contribution >= 4 is 10.0 Å². The predicted octanol–water partition coefficient (Wildman–Crippen LogP) is 2.48. The summed E-state index contributed by atoms with van der Waals surface area (Å²) < 4.78 is 38.8. The minimum Gasteiger partial charge on any atom is -0.497 e. The van der Waals surface area contributed by atoms with E-state index in [1.807, 2.05) is 0 Å². The van der Waals surface area contributed by atoms with Crippen LogP contribution in [0.4, 0.5) is 0 Å². The molecule has 1 unspecified atom stereocenters. The summed E-state index contributed by atoms with van der Waals surface area (Å²) in [6, 6.07) is 6.30. The van der Waals surface area contributed by atoms with Crippen LogP contribution in [-0.2, 0) is 10.0 Å². The van der Waals surface area contributed by atoms with Crippen molar-refractivity contribution in [3.63, 3.8) is 0 Å². The lowest BCUT2D eigenvalue weighted by Crippen LogP contribution is -2.39. The van der Waals surface area contributed by atoms with E-state index >= 15 is 0 Å². The van der Waals surface area contributed by atoms with Crippen LogP contribution >= 0.6 is 0 Å².